The summed E-state index contributed by atoms with van der Waals surface area (Å²) in [5, 5.41) is 5.66. The summed E-state index contributed by atoms with van der Waals surface area (Å²) in [4.78, 5) is 1.32. The predicted octanol–water partition coefficient (Wildman–Crippen LogP) is 4.68. The number of hydrogen-bond donors (Lipinski definition) is 1. The number of nitrogens with one attached hydrogen (secondary N) is 1. The normalized spacial score (nSPS) is 11.1. The van der Waals surface area contributed by atoms with Gasteiger partial charge in [0.05, 0.1) is 0 Å². The summed E-state index contributed by atoms with van der Waals surface area (Å²) in [6.07, 6.45) is 0. The quantitative estimate of drug-likeness (QED) is 0.865. The maximum Gasteiger partial charge on any atom is 0.0357 e. The molecule has 1 heterocycles. The van der Waals surface area contributed by atoms with Gasteiger partial charge in [0, 0.05) is 27.5 Å². The highest BCUT2D eigenvalue weighted by molar-refractivity contribution is 9.10. The van der Waals surface area contributed by atoms with Crippen LogP contribution in [0.2, 0.25) is 0 Å². The zero-order valence-corrected chi connectivity index (χ0v) is 12.4. The van der Waals surface area contributed by atoms with Crippen LogP contribution in [0.25, 0.3) is 10.4 Å². The average molecular weight is 310 g/mol. The molecule has 0 aliphatic carbocycles. The maximum atomic E-state index is 3.60. The third-order valence-corrected chi connectivity index (χ3v) is 4.21. The Labute approximate surface area is 115 Å². The van der Waals surface area contributed by atoms with Crippen LogP contribution in [0, 0.1) is 0 Å². The summed E-state index contributed by atoms with van der Waals surface area (Å²) < 4.78 is 1.16. The molecule has 0 unspecified atom stereocenters. The Morgan fingerprint density at radius 1 is 1.29 bits per heavy atom. The van der Waals surface area contributed by atoms with E-state index in [1.54, 1.807) is 11.3 Å². The van der Waals surface area contributed by atoms with Gasteiger partial charge in [-0.1, -0.05) is 48.0 Å². The second kappa shape index (κ2) is 5.80. The summed E-state index contributed by atoms with van der Waals surface area (Å²) in [6.45, 7) is 5.28. The summed E-state index contributed by atoms with van der Waals surface area (Å²) in [6, 6.07) is 11.1. The lowest BCUT2D eigenvalue weighted by molar-refractivity contribution is 0.590. The molecular formula is C14H16BrNS. The third kappa shape index (κ3) is 3.41. The molecule has 0 saturated heterocycles. The molecule has 1 nitrogen and oxygen atoms in total. The molecule has 1 aromatic heterocycles. The van der Waals surface area contributed by atoms with E-state index in [1.165, 1.54) is 16.0 Å². The Hall–Kier alpha value is -0.640. The van der Waals surface area contributed by atoms with E-state index in [1.807, 2.05) is 6.07 Å². The molecule has 3 heteroatoms. The van der Waals surface area contributed by atoms with Crippen LogP contribution >= 0.6 is 27.3 Å². The van der Waals surface area contributed by atoms with Crippen LogP contribution in [-0.2, 0) is 6.54 Å². The number of rotatable bonds is 4. The first-order valence-electron chi connectivity index (χ1n) is 5.72. The zero-order valence-electron chi connectivity index (χ0n) is 10.0. The van der Waals surface area contributed by atoms with Crippen molar-refractivity contribution >= 4 is 27.3 Å². The SMILES string of the molecule is CC(C)NCc1csc(-c2ccccc2Br)c1. The molecule has 2 rings (SSSR count). The third-order valence-electron chi connectivity index (χ3n) is 2.51. The van der Waals surface area contributed by atoms with Gasteiger partial charge in [0.2, 0.25) is 0 Å². The summed E-state index contributed by atoms with van der Waals surface area (Å²) in [5.74, 6) is 0. The minimum Gasteiger partial charge on any atom is -0.310 e. The molecule has 2 aromatic rings. The van der Waals surface area contributed by atoms with E-state index in [9.17, 15) is 0 Å². The fraction of sp³-hybridized carbons (Fsp3) is 0.286. The lowest BCUT2D eigenvalue weighted by Gasteiger charge is -2.05. The van der Waals surface area contributed by atoms with E-state index in [2.05, 4.69) is 64.7 Å². The van der Waals surface area contributed by atoms with Gasteiger partial charge in [-0.15, -0.1) is 11.3 Å². The summed E-state index contributed by atoms with van der Waals surface area (Å²) in [5.41, 5.74) is 2.63. The molecule has 1 N–H and O–H groups in total. The molecule has 1 aromatic carbocycles. The highest BCUT2D eigenvalue weighted by Gasteiger charge is 2.05. The van der Waals surface area contributed by atoms with Gasteiger partial charge in [-0.25, -0.2) is 0 Å². The van der Waals surface area contributed by atoms with E-state index in [0.29, 0.717) is 6.04 Å². The van der Waals surface area contributed by atoms with Gasteiger partial charge >= 0.3 is 0 Å². The highest BCUT2D eigenvalue weighted by Crippen LogP contribution is 2.32. The van der Waals surface area contributed by atoms with Crippen molar-refractivity contribution in [1.82, 2.24) is 5.32 Å². The van der Waals surface area contributed by atoms with Crippen molar-refractivity contribution < 1.29 is 0 Å². The minimum atomic E-state index is 0.529. The molecule has 0 fully saturated rings. The van der Waals surface area contributed by atoms with Crippen LogP contribution in [0.1, 0.15) is 19.4 Å². The first-order valence-corrected chi connectivity index (χ1v) is 7.40. The fourth-order valence-corrected chi connectivity index (χ4v) is 3.18. The Kier molecular flexibility index (Phi) is 4.37. The number of hydrogen-bond acceptors (Lipinski definition) is 2. The lowest BCUT2D eigenvalue weighted by atomic mass is 10.1. The van der Waals surface area contributed by atoms with Crippen molar-refractivity contribution in [1.29, 1.82) is 0 Å². The van der Waals surface area contributed by atoms with Crippen molar-refractivity contribution in [2.45, 2.75) is 26.4 Å². The van der Waals surface area contributed by atoms with Gasteiger partial charge in [-0.05, 0) is 23.1 Å². The van der Waals surface area contributed by atoms with Gasteiger partial charge in [0.15, 0.2) is 0 Å². The van der Waals surface area contributed by atoms with Crippen LogP contribution in [0.15, 0.2) is 40.2 Å². The number of thiophene rings is 1. The summed E-state index contributed by atoms with van der Waals surface area (Å²) >= 11 is 5.39. The average Bonchev–Trinajstić information content (AvgIpc) is 2.75. The van der Waals surface area contributed by atoms with Gasteiger partial charge in [-0.2, -0.15) is 0 Å². The zero-order chi connectivity index (χ0) is 12.3. The molecule has 0 bridgehead atoms. The van der Waals surface area contributed by atoms with E-state index in [4.69, 9.17) is 0 Å². The number of halogens is 1. The highest BCUT2D eigenvalue weighted by atomic mass is 79.9. The van der Waals surface area contributed by atoms with E-state index < -0.39 is 0 Å². The minimum absolute atomic E-state index is 0.529. The van der Waals surface area contributed by atoms with Crippen molar-refractivity contribution in [2.75, 3.05) is 0 Å². The molecule has 0 amide bonds. The van der Waals surface area contributed by atoms with Gasteiger partial charge < -0.3 is 5.32 Å². The van der Waals surface area contributed by atoms with Crippen LogP contribution in [-0.4, -0.2) is 6.04 Å². The first kappa shape index (κ1) is 12.8. The first-order chi connectivity index (χ1) is 8.16. The van der Waals surface area contributed by atoms with E-state index in [0.717, 1.165) is 11.0 Å². The van der Waals surface area contributed by atoms with E-state index in [-0.39, 0.29) is 0 Å². The van der Waals surface area contributed by atoms with Crippen molar-refractivity contribution in [3.63, 3.8) is 0 Å². The van der Waals surface area contributed by atoms with Gasteiger partial charge in [0.1, 0.15) is 0 Å². The molecule has 17 heavy (non-hydrogen) atoms. The second-order valence-electron chi connectivity index (χ2n) is 4.33. The molecule has 0 saturated carbocycles. The molecule has 0 aliphatic rings. The Bertz CT molecular complexity index is 490. The molecule has 0 atom stereocenters. The van der Waals surface area contributed by atoms with Crippen LogP contribution in [0.4, 0.5) is 0 Å². The fourth-order valence-electron chi connectivity index (χ4n) is 1.59. The monoisotopic (exact) mass is 309 g/mol. The Morgan fingerprint density at radius 3 is 2.76 bits per heavy atom. The predicted molar refractivity (Wildman–Crippen MR) is 79.4 cm³/mol. The molecular weight excluding hydrogens is 294 g/mol. The Balaban J connectivity index is 2.16. The Morgan fingerprint density at radius 2 is 2.06 bits per heavy atom. The summed E-state index contributed by atoms with van der Waals surface area (Å²) in [7, 11) is 0. The largest absolute Gasteiger partial charge is 0.310 e. The van der Waals surface area contributed by atoms with Crippen LogP contribution in [0.5, 0.6) is 0 Å². The maximum absolute atomic E-state index is 3.60. The van der Waals surface area contributed by atoms with Crippen molar-refractivity contribution in [3.05, 3.63) is 45.7 Å². The smallest absolute Gasteiger partial charge is 0.0357 e. The van der Waals surface area contributed by atoms with Gasteiger partial charge in [0.25, 0.3) is 0 Å². The standard InChI is InChI=1S/C14H16BrNS/c1-10(2)16-8-11-7-14(17-9-11)12-5-3-4-6-13(12)15/h3-7,9-10,16H,8H2,1-2H3. The topological polar surface area (TPSA) is 12.0 Å². The number of benzene rings is 1. The molecule has 0 radical (unpaired) electrons. The van der Waals surface area contributed by atoms with Crippen molar-refractivity contribution in [3.8, 4) is 10.4 Å². The molecule has 0 aliphatic heterocycles. The van der Waals surface area contributed by atoms with Crippen LogP contribution < -0.4 is 5.32 Å². The van der Waals surface area contributed by atoms with Gasteiger partial charge in [-0.3, -0.25) is 0 Å². The van der Waals surface area contributed by atoms with Crippen LogP contribution in [0.3, 0.4) is 0 Å². The second-order valence-corrected chi connectivity index (χ2v) is 6.10. The van der Waals surface area contributed by atoms with Crippen molar-refractivity contribution in [2.24, 2.45) is 0 Å². The van der Waals surface area contributed by atoms with E-state index >= 15 is 0 Å². The lowest BCUT2D eigenvalue weighted by Crippen LogP contribution is -2.21. The molecule has 0 spiro atoms. The molecule has 90 valence electrons.